The number of aromatic nitrogens is 3. The van der Waals surface area contributed by atoms with Crippen LogP contribution >= 0.6 is 0 Å². The topological polar surface area (TPSA) is 110 Å². The van der Waals surface area contributed by atoms with Crippen molar-refractivity contribution in [2.24, 2.45) is 4.36 Å². The van der Waals surface area contributed by atoms with Gasteiger partial charge in [0.15, 0.2) is 0 Å². The van der Waals surface area contributed by atoms with E-state index in [2.05, 4.69) is 24.6 Å². The molecule has 0 amide bonds. The van der Waals surface area contributed by atoms with Crippen LogP contribution < -0.4 is 10.1 Å². The second-order valence-electron chi connectivity index (χ2n) is 6.30. The molecule has 1 aliphatic heterocycles. The van der Waals surface area contributed by atoms with E-state index in [-0.39, 0.29) is 5.88 Å². The SMILES string of the molecule is COc1c(N=S2(=O)CCC2)cc2ncnc(Nc3cccnc3O)c2c1C. The van der Waals surface area contributed by atoms with E-state index in [1.807, 2.05) is 6.92 Å². The van der Waals surface area contributed by atoms with Gasteiger partial charge in [0.2, 0.25) is 5.88 Å². The quantitative estimate of drug-likeness (QED) is 0.709. The molecule has 3 aromatic rings. The monoisotopic (exact) mass is 385 g/mol. The summed E-state index contributed by atoms with van der Waals surface area (Å²) in [6, 6.07) is 5.18. The predicted octanol–water partition coefficient (Wildman–Crippen LogP) is 3.29. The third-order valence-corrected chi connectivity index (χ3v) is 6.92. The van der Waals surface area contributed by atoms with Crippen LogP contribution in [0.1, 0.15) is 12.0 Å². The molecule has 0 saturated carbocycles. The van der Waals surface area contributed by atoms with Gasteiger partial charge in [-0.15, -0.1) is 0 Å². The zero-order valence-electron chi connectivity index (χ0n) is 15.0. The van der Waals surface area contributed by atoms with Crippen LogP contribution in [0.2, 0.25) is 0 Å². The number of hydrogen-bond donors (Lipinski definition) is 2. The molecule has 9 heteroatoms. The zero-order chi connectivity index (χ0) is 19.0. The molecule has 27 heavy (non-hydrogen) atoms. The van der Waals surface area contributed by atoms with E-state index >= 15 is 0 Å². The normalized spacial score (nSPS) is 15.2. The van der Waals surface area contributed by atoms with Crippen molar-refractivity contribution in [2.45, 2.75) is 13.3 Å². The number of methoxy groups -OCH3 is 1. The van der Waals surface area contributed by atoms with Crippen LogP contribution in [0.4, 0.5) is 17.2 Å². The Morgan fingerprint density at radius 3 is 2.78 bits per heavy atom. The smallest absolute Gasteiger partial charge is 0.235 e. The summed E-state index contributed by atoms with van der Waals surface area (Å²) >= 11 is 0. The number of ether oxygens (including phenoxy) is 1. The van der Waals surface area contributed by atoms with Gasteiger partial charge in [-0.25, -0.2) is 19.2 Å². The van der Waals surface area contributed by atoms with Gasteiger partial charge in [-0.2, -0.15) is 4.36 Å². The number of anilines is 2. The predicted molar refractivity (Wildman–Crippen MR) is 105 cm³/mol. The van der Waals surface area contributed by atoms with E-state index in [1.54, 1.807) is 25.3 Å². The molecular weight excluding hydrogens is 366 g/mol. The van der Waals surface area contributed by atoms with E-state index < -0.39 is 9.73 Å². The molecule has 0 aliphatic carbocycles. The summed E-state index contributed by atoms with van der Waals surface area (Å²) in [5.74, 6) is 2.17. The van der Waals surface area contributed by atoms with Gasteiger partial charge in [0.25, 0.3) is 0 Å². The van der Waals surface area contributed by atoms with E-state index in [1.165, 1.54) is 12.5 Å². The third-order valence-electron chi connectivity index (χ3n) is 4.53. The number of nitrogens with zero attached hydrogens (tertiary/aromatic N) is 4. The van der Waals surface area contributed by atoms with Crippen LogP contribution in [0.5, 0.6) is 11.6 Å². The first-order valence-electron chi connectivity index (χ1n) is 8.46. The van der Waals surface area contributed by atoms with Crippen molar-refractivity contribution < 1.29 is 14.1 Å². The van der Waals surface area contributed by atoms with Crippen LogP contribution in [0, 0.1) is 6.92 Å². The van der Waals surface area contributed by atoms with Crippen molar-refractivity contribution in [3.05, 3.63) is 36.3 Å². The van der Waals surface area contributed by atoms with Crippen LogP contribution in [0.25, 0.3) is 10.9 Å². The number of hydrogen-bond acceptors (Lipinski definition) is 8. The van der Waals surface area contributed by atoms with E-state index in [0.29, 0.717) is 40.0 Å². The average molecular weight is 385 g/mol. The maximum absolute atomic E-state index is 12.6. The number of rotatable bonds is 4. The fourth-order valence-corrected chi connectivity index (χ4v) is 4.54. The summed E-state index contributed by atoms with van der Waals surface area (Å²) in [5, 5.41) is 13.8. The lowest BCUT2D eigenvalue weighted by Crippen LogP contribution is -2.23. The molecule has 1 fully saturated rings. The van der Waals surface area contributed by atoms with Gasteiger partial charge in [0.05, 0.1) is 22.4 Å². The number of aromatic hydroxyl groups is 1. The highest BCUT2D eigenvalue weighted by Gasteiger charge is 2.22. The molecule has 1 aromatic carbocycles. The fraction of sp³-hybridized carbons (Fsp3) is 0.278. The lowest BCUT2D eigenvalue weighted by atomic mass is 10.1. The summed E-state index contributed by atoms with van der Waals surface area (Å²) in [6.07, 6.45) is 3.86. The Balaban J connectivity index is 1.90. The maximum atomic E-state index is 12.6. The van der Waals surface area contributed by atoms with Crippen LogP contribution in [0.3, 0.4) is 0 Å². The number of nitrogens with one attached hydrogen (secondary N) is 1. The highest BCUT2D eigenvalue weighted by molar-refractivity contribution is 7.95. The molecule has 0 bridgehead atoms. The molecule has 0 radical (unpaired) electrons. The first-order chi connectivity index (χ1) is 13.0. The zero-order valence-corrected chi connectivity index (χ0v) is 15.8. The third kappa shape index (κ3) is 3.14. The Kier molecular flexibility index (Phi) is 4.31. The highest BCUT2D eigenvalue weighted by Crippen LogP contribution is 2.40. The minimum absolute atomic E-state index is 0.123. The second kappa shape index (κ2) is 6.66. The van der Waals surface area contributed by atoms with Gasteiger partial charge in [-0.1, -0.05) is 0 Å². The van der Waals surface area contributed by atoms with Gasteiger partial charge in [-0.05, 0) is 31.5 Å². The summed E-state index contributed by atoms with van der Waals surface area (Å²) < 4.78 is 22.6. The molecule has 8 nitrogen and oxygen atoms in total. The van der Waals surface area contributed by atoms with E-state index in [9.17, 15) is 9.32 Å². The number of fused-ring (bicyclic) bond motifs is 1. The van der Waals surface area contributed by atoms with Gasteiger partial charge in [0, 0.05) is 28.7 Å². The van der Waals surface area contributed by atoms with Crippen molar-refractivity contribution in [3.63, 3.8) is 0 Å². The van der Waals surface area contributed by atoms with Crippen molar-refractivity contribution in [2.75, 3.05) is 23.9 Å². The second-order valence-corrected chi connectivity index (χ2v) is 8.84. The fourth-order valence-electron chi connectivity index (χ4n) is 3.08. The molecule has 2 N–H and O–H groups in total. The van der Waals surface area contributed by atoms with Crippen molar-refractivity contribution in [3.8, 4) is 11.6 Å². The lowest BCUT2D eigenvalue weighted by Gasteiger charge is -2.20. The molecule has 4 rings (SSSR count). The first-order valence-corrected chi connectivity index (χ1v) is 10.3. The minimum atomic E-state index is -2.18. The average Bonchev–Trinajstić information content (AvgIpc) is 2.62. The first kappa shape index (κ1) is 17.5. The maximum Gasteiger partial charge on any atom is 0.235 e. The Morgan fingerprint density at radius 1 is 1.30 bits per heavy atom. The van der Waals surface area contributed by atoms with E-state index in [0.717, 1.165) is 17.4 Å². The molecule has 1 aliphatic rings. The summed E-state index contributed by atoms with van der Waals surface area (Å²) in [5.41, 5.74) is 2.40. The van der Waals surface area contributed by atoms with Crippen molar-refractivity contribution >= 4 is 37.8 Å². The summed E-state index contributed by atoms with van der Waals surface area (Å²) in [6.45, 7) is 1.88. The molecule has 0 spiro atoms. The molecule has 0 atom stereocenters. The lowest BCUT2D eigenvalue weighted by molar-refractivity contribution is 0.414. The molecule has 3 heterocycles. The molecule has 2 aromatic heterocycles. The number of benzene rings is 1. The highest BCUT2D eigenvalue weighted by atomic mass is 32.2. The van der Waals surface area contributed by atoms with Gasteiger partial charge in [0.1, 0.15) is 29.3 Å². The van der Waals surface area contributed by atoms with Gasteiger partial charge in [-0.3, -0.25) is 0 Å². The van der Waals surface area contributed by atoms with E-state index in [4.69, 9.17) is 4.74 Å². The van der Waals surface area contributed by atoms with Crippen LogP contribution in [-0.4, -0.2) is 42.9 Å². The van der Waals surface area contributed by atoms with Gasteiger partial charge >= 0.3 is 0 Å². The van der Waals surface area contributed by atoms with Crippen molar-refractivity contribution in [1.29, 1.82) is 0 Å². The number of aryl methyl sites for hydroxylation is 1. The summed E-state index contributed by atoms with van der Waals surface area (Å²) in [4.78, 5) is 12.5. The Morgan fingerprint density at radius 2 is 2.11 bits per heavy atom. The summed E-state index contributed by atoms with van der Waals surface area (Å²) in [7, 11) is -0.619. The van der Waals surface area contributed by atoms with Crippen molar-refractivity contribution in [1.82, 2.24) is 15.0 Å². The standard InChI is InChI=1S/C18H19N5O3S/c1-11-15-13(9-14(16(11)26-2)23-27(25)7-4-8-27)20-10-21-17(15)22-12-5-3-6-19-18(12)24/h3,5-6,9-10H,4,7-8H2,1-2H3,(H,19,24)(H,20,21,22). The molecule has 1 saturated heterocycles. The number of pyridine rings is 1. The Labute approximate surface area is 156 Å². The Hall–Kier alpha value is -2.94. The molecule has 140 valence electrons. The van der Waals surface area contributed by atoms with Crippen LogP contribution in [-0.2, 0) is 9.73 Å². The Bertz CT molecular complexity index is 1150. The molecule has 0 unspecified atom stereocenters. The largest absolute Gasteiger partial charge is 0.494 e. The minimum Gasteiger partial charge on any atom is -0.494 e. The molecular formula is C18H19N5O3S. The van der Waals surface area contributed by atoms with Gasteiger partial charge < -0.3 is 15.2 Å². The van der Waals surface area contributed by atoms with Crippen LogP contribution in [0.15, 0.2) is 35.1 Å².